The highest BCUT2D eigenvalue weighted by atomic mass is 35.5. The summed E-state index contributed by atoms with van der Waals surface area (Å²) in [7, 11) is 0. The van der Waals surface area contributed by atoms with Gasteiger partial charge in [-0.1, -0.05) is 29.3 Å². The molecule has 2 rings (SSSR count). The second-order valence-electron chi connectivity index (χ2n) is 4.39. The van der Waals surface area contributed by atoms with Crippen LogP contribution < -0.4 is 10.1 Å². The molecule has 0 radical (unpaired) electrons. The van der Waals surface area contributed by atoms with Gasteiger partial charge < -0.3 is 10.1 Å². The summed E-state index contributed by atoms with van der Waals surface area (Å²) in [6, 6.07) is 12.6. The first kappa shape index (κ1) is 14.4. The number of rotatable bonds is 4. The van der Waals surface area contributed by atoms with Crippen molar-refractivity contribution >= 4 is 23.2 Å². The zero-order valence-electron chi connectivity index (χ0n) is 11.4. The number of benzene rings is 2. The summed E-state index contributed by atoms with van der Waals surface area (Å²) in [6.07, 6.45) is 0. The zero-order valence-corrected chi connectivity index (χ0v) is 12.2. The van der Waals surface area contributed by atoms with Gasteiger partial charge in [0.25, 0.3) is 5.91 Å². The number of hydrogen-bond acceptors (Lipinski definition) is 2. The van der Waals surface area contributed by atoms with E-state index in [1.54, 1.807) is 18.2 Å². The Kier molecular flexibility index (Phi) is 4.64. The molecule has 0 aliphatic carbocycles. The number of carbonyl (C=O) groups is 1. The van der Waals surface area contributed by atoms with Crippen molar-refractivity contribution in [3.05, 3.63) is 58.6 Å². The average molecular weight is 290 g/mol. The SMILES string of the molecule is CCOc1ccc(Cl)cc1C(=O)Nc1ccc(C)cc1. The molecular weight excluding hydrogens is 274 g/mol. The molecule has 0 saturated heterocycles. The maximum Gasteiger partial charge on any atom is 0.259 e. The lowest BCUT2D eigenvalue weighted by Gasteiger charge is -2.11. The van der Waals surface area contributed by atoms with Crippen LogP contribution in [0.1, 0.15) is 22.8 Å². The van der Waals surface area contributed by atoms with Crippen LogP contribution in [-0.4, -0.2) is 12.5 Å². The minimum Gasteiger partial charge on any atom is -0.493 e. The van der Waals surface area contributed by atoms with Crippen molar-refractivity contribution in [1.82, 2.24) is 0 Å². The van der Waals surface area contributed by atoms with Crippen LogP contribution in [0, 0.1) is 6.92 Å². The van der Waals surface area contributed by atoms with Gasteiger partial charge in [0.1, 0.15) is 5.75 Å². The Hall–Kier alpha value is -2.00. The maximum atomic E-state index is 12.3. The third-order valence-corrected chi connectivity index (χ3v) is 3.03. The molecule has 20 heavy (non-hydrogen) atoms. The summed E-state index contributed by atoms with van der Waals surface area (Å²) in [5, 5.41) is 3.34. The van der Waals surface area contributed by atoms with Gasteiger partial charge >= 0.3 is 0 Å². The highest BCUT2D eigenvalue weighted by Crippen LogP contribution is 2.24. The molecule has 3 nitrogen and oxygen atoms in total. The molecule has 0 spiro atoms. The number of nitrogens with one attached hydrogen (secondary N) is 1. The van der Waals surface area contributed by atoms with Crippen LogP contribution in [0.4, 0.5) is 5.69 Å². The van der Waals surface area contributed by atoms with Crippen LogP contribution in [0.15, 0.2) is 42.5 Å². The van der Waals surface area contributed by atoms with Gasteiger partial charge in [0.05, 0.1) is 12.2 Å². The van der Waals surface area contributed by atoms with E-state index in [-0.39, 0.29) is 5.91 Å². The van der Waals surface area contributed by atoms with E-state index in [1.165, 1.54) is 0 Å². The van der Waals surface area contributed by atoms with Gasteiger partial charge in [-0.3, -0.25) is 4.79 Å². The molecule has 4 heteroatoms. The van der Waals surface area contributed by atoms with E-state index in [2.05, 4.69) is 5.32 Å². The fourth-order valence-corrected chi connectivity index (χ4v) is 1.97. The zero-order chi connectivity index (χ0) is 14.5. The lowest BCUT2D eigenvalue weighted by atomic mass is 10.1. The van der Waals surface area contributed by atoms with Gasteiger partial charge in [0, 0.05) is 10.7 Å². The van der Waals surface area contributed by atoms with Crippen molar-refractivity contribution in [2.75, 3.05) is 11.9 Å². The first-order chi connectivity index (χ1) is 9.60. The van der Waals surface area contributed by atoms with E-state index in [9.17, 15) is 4.79 Å². The third kappa shape index (κ3) is 3.52. The fraction of sp³-hybridized carbons (Fsp3) is 0.188. The molecule has 0 bridgehead atoms. The van der Waals surface area contributed by atoms with Crippen LogP contribution >= 0.6 is 11.6 Å². The van der Waals surface area contributed by atoms with E-state index in [0.717, 1.165) is 11.3 Å². The Labute approximate surface area is 123 Å². The van der Waals surface area contributed by atoms with Crippen LogP contribution in [0.2, 0.25) is 5.02 Å². The van der Waals surface area contributed by atoms with Gasteiger partial charge in [0.15, 0.2) is 0 Å². The summed E-state index contributed by atoms with van der Waals surface area (Å²) in [6.45, 7) is 4.36. The Balaban J connectivity index is 2.23. The second-order valence-corrected chi connectivity index (χ2v) is 4.83. The molecule has 0 unspecified atom stereocenters. The second kappa shape index (κ2) is 6.44. The van der Waals surface area contributed by atoms with Crippen molar-refractivity contribution in [2.24, 2.45) is 0 Å². The van der Waals surface area contributed by atoms with Gasteiger partial charge in [-0.2, -0.15) is 0 Å². The number of aryl methyl sites for hydroxylation is 1. The lowest BCUT2D eigenvalue weighted by molar-refractivity contribution is 0.102. The summed E-state index contributed by atoms with van der Waals surface area (Å²) in [4.78, 5) is 12.3. The summed E-state index contributed by atoms with van der Waals surface area (Å²) >= 11 is 5.95. The predicted molar refractivity (Wildman–Crippen MR) is 81.8 cm³/mol. The molecule has 0 aromatic heterocycles. The molecule has 1 N–H and O–H groups in total. The molecular formula is C16H16ClNO2. The molecule has 1 amide bonds. The molecule has 0 aliphatic heterocycles. The topological polar surface area (TPSA) is 38.3 Å². The standard InChI is InChI=1S/C16H16ClNO2/c1-3-20-15-9-6-12(17)10-14(15)16(19)18-13-7-4-11(2)5-8-13/h4-10H,3H2,1-2H3,(H,18,19). The number of hydrogen-bond donors (Lipinski definition) is 1. The summed E-state index contributed by atoms with van der Waals surface area (Å²) < 4.78 is 5.45. The Morgan fingerprint density at radius 2 is 1.90 bits per heavy atom. The van der Waals surface area contributed by atoms with Crippen molar-refractivity contribution in [3.8, 4) is 5.75 Å². The average Bonchev–Trinajstić information content (AvgIpc) is 2.43. The highest BCUT2D eigenvalue weighted by molar-refractivity contribution is 6.31. The number of amides is 1. The monoisotopic (exact) mass is 289 g/mol. The molecule has 104 valence electrons. The highest BCUT2D eigenvalue weighted by Gasteiger charge is 2.13. The van der Waals surface area contributed by atoms with Crippen molar-refractivity contribution in [1.29, 1.82) is 0 Å². The molecule has 0 atom stereocenters. The normalized spacial score (nSPS) is 10.2. The lowest BCUT2D eigenvalue weighted by Crippen LogP contribution is -2.13. The number of carbonyl (C=O) groups excluding carboxylic acids is 1. The molecule has 0 saturated carbocycles. The third-order valence-electron chi connectivity index (χ3n) is 2.80. The number of ether oxygens (including phenoxy) is 1. The minimum absolute atomic E-state index is 0.236. The molecule has 2 aromatic carbocycles. The minimum atomic E-state index is -0.236. The van der Waals surface area contributed by atoms with Gasteiger partial charge in [0.2, 0.25) is 0 Å². The fourth-order valence-electron chi connectivity index (χ4n) is 1.80. The molecule has 0 fully saturated rings. The van der Waals surface area contributed by atoms with E-state index >= 15 is 0 Å². The molecule has 0 aliphatic rings. The van der Waals surface area contributed by atoms with E-state index in [4.69, 9.17) is 16.3 Å². The van der Waals surface area contributed by atoms with Gasteiger partial charge in [-0.25, -0.2) is 0 Å². The molecule has 0 heterocycles. The van der Waals surface area contributed by atoms with Crippen LogP contribution in [0.5, 0.6) is 5.75 Å². The molecule has 2 aromatic rings. The van der Waals surface area contributed by atoms with Gasteiger partial charge in [-0.15, -0.1) is 0 Å². The van der Waals surface area contributed by atoms with Crippen molar-refractivity contribution < 1.29 is 9.53 Å². The van der Waals surface area contributed by atoms with Gasteiger partial charge in [-0.05, 0) is 44.2 Å². The van der Waals surface area contributed by atoms with Crippen molar-refractivity contribution in [3.63, 3.8) is 0 Å². The largest absolute Gasteiger partial charge is 0.493 e. The maximum absolute atomic E-state index is 12.3. The van der Waals surface area contributed by atoms with Crippen LogP contribution in [0.3, 0.4) is 0 Å². The number of halogens is 1. The number of anilines is 1. The first-order valence-electron chi connectivity index (χ1n) is 6.40. The van der Waals surface area contributed by atoms with Crippen molar-refractivity contribution in [2.45, 2.75) is 13.8 Å². The first-order valence-corrected chi connectivity index (χ1v) is 6.78. The van der Waals surface area contributed by atoms with Crippen LogP contribution in [0.25, 0.3) is 0 Å². The smallest absolute Gasteiger partial charge is 0.259 e. The van der Waals surface area contributed by atoms with E-state index in [1.807, 2.05) is 38.1 Å². The Bertz CT molecular complexity index is 608. The predicted octanol–water partition coefficient (Wildman–Crippen LogP) is 4.30. The Morgan fingerprint density at radius 1 is 1.20 bits per heavy atom. The quantitative estimate of drug-likeness (QED) is 0.911. The van der Waals surface area contributed by atoms with E-state index < -0.39 is 0 Å². The Morgan fingerprint density at radius 3 is 2.55 bits per heavy atom. The summed E-state index contributed by atoms with van der Waals surface area (Å²) in [5.41, 5.74) is 2.31. The van der Waals surface area contributed by atoms with Crippen LogP contribution in [-0.2, 0) is 0 Å². The van der Waals surface area contributed by atoms with E-state index in [0.29, 0.717) is 22.9 Å². The summed E-state index contributed by atoms with van der Waals surface area (Å²) in [5.74, 6) is 0.293.